The molecule has 0 fully saturated rings. The fourth-order valence-corrected chi connectivity index (χ4v) is 6.70. The molecular formula is C39H35FN2O7S. The Balaban J connectivity index is 1.51. The lowest BCUT2D eigenvalue weighted by atomic mass is 9.93. The number of rotatable bonds is 12. The highest BCUT2D eigenvalue weighted by Gasteiger charge is 2.35. The molecule has 0 bridgehead atoms. The van der Waals surface area contributed by atoms with Gasteiger partial charge in [0.2, 0.25) is 0 Å². The molecule has 2 heterocycles. The van der Waals surface area contributed by atoms with Gasteiger partial charge in [-0.3, -0.25) is 9.36 Å². The maximum atomic E-state index is 14.4. The number of fused-ring (bicyclic) bond motifs is 1. The number of aromatic nitrogens is 1. The number of carbonyl (C=O) groups excluding carboxylic acids is 1. The molecule has 0 radical (unpaired) electrons. The van der Waals surface area contributed by atoms with Gasteiger partial charge in [0, 0.05) is 11.1 Å². The molecule has 6 rings (SSSR count). The molecule has 5 aromatic rings. The molecule has 11 heteroatoms. The summed E-state index contributed by atoms with van der Waals surface area (Å²) in [5.74, 6) is 0.884. The lowest BCUT2D eigenvalue weighted by Crippen LogP contribution is -2.40. The van der Waals surface area contributed by atoms with Crippen molar-refractivity contribution in [1.82, 2.24) is 4.57 Å². The highest BCUT2D eigenvalue weighted by Crippen LogP contribution is 2.38. The van der Waals surface area contributed by atoms with Crippen molar-refractivity contribution in [3.63, 3.8) is 0 Å². The number of ether oxygens (including phenoxy) is 5. The van der Waals surface area contributed by atoms with Gasteiger partial charge < -0.3 is 23.7 Å². The molecule has 0 N–H and O–H groups in total. The quantitative estimate of drug-likeness (QED) is 0.146. The predicted octanol–water partition coefficient (Wildman–Crippen LogP) is 6.07. The van der Waals surface area contributed by atoms with Gasteiger partial charge >= 0.3 is 5.97 Å². The molecule has 1 aliphatic heterocycles. The third-order valence-corrected chi connectivity index (χ3v) is 8.99. The van der Waals surface area contributed by atoms with Gasteiger partial charge in [-0.25, -0.2) is 14.2 Å². The van der Waals surface area contributed by atoms with Gasteiger partial charge in [0.25, 0.3) is 5.56 Å². The molecule has 0 aliphatic carbocycles. The number of carbonyl (C=O) groups is 1. The van der Waals surface area contributed by atoms with Crippen LogP contribution >= 0.6 is 11.3 Å². The Kier molecular flexibility index (Phi) is 10.4. The van der Waals surface area contributed by atoms with Gasteiger partial charge in [-0.1, -0.05) is 72.0 Å². The van der Waals surface area contributed by atoms with E-state index in [1.807, 2.05) is 37.3 Å². The van der Waals surface area contributed by atoms with Crippen molar-refractivity contribution >= 4 is 29.1 Å². The van der Waals surface area contributed by atoms with Crippen LogP contribution in [0.3, 0.4) is 0 Å². The van der Waals surface area contributed by atoms with Crippen LogP contribution in [0.5, 0.6) is 23.0 Å². The maximum absolute atomic E-state index is 14.4. The smallest absolute Gasteiger partial charge is 0.338 e. The normalized spacial score (nSPS) is 14.1. The Labute approximate surface area is 292 Å². The zero-order chi connectivity index (χ0) is 35.2. The first-order valence-electron chi connectivity index (χ1n) is 16.0. The molecule has 0 saturated heterocycles. The number of nitrogens with zero attached hydrogens (tertiary/aromatic N) is 2. The molecule has 1 aliphatic rings. The molecule has 256 valence electrons. The Hall–Kier alpha value is -5.68. The Bertz CT molecular complexity index is 2240. The van der Waals surface area contributed by atoms with Crippen molar-refractivity contribution in [2.24, 2.45) is 4.99 Å². The molecule has 9 nitrogen and oxygen atoms in total. The second-order valence-corrected chi connectivity index (χ2v) is 12.1. The summed E-state index contributed by atoms with van der Waals surface area (Å²) in [4.78, 5) is 33.5. The largest absolute Gasteiger partial charge is 0.493 e. The van der Waals surface area contributed by atoms with Crippen molar-refractivity contribution < 1.29 is 32.9 Å². The van der Waals surface area contributed by atoms with Gasteiger partial charge in [0.05, 0.1) is 49.3 Å². The second kappa shape index (κ2) is 15.3. The number of thiazole rings is 1. The van der Waals surface area contributed by atoms with Gasteiger partial charge in [-0.15, -0.1) is 0 Å². The van der Waals surface area contributed by atoms with E-state index in [2.05, 4.69) is 0 Å². The summed E-state index contributed by atoms with van der Waals surface area (Å²) < 4.78 is 44.6. The number of esters is 1. The summed E-state index contributed by atoms with van der Waals surface area (Å²) >= 11 is 1.20. The summed E-state index contributed by atoms with van der Waals surface area (Å²) in [6.45, 7) is 4.11. The topological polar surface area (TPSA) is 97.6 Å². The molecule has 1 atom stereocenters. The number of halogens is 1. The van der Waals surface area contributed by atoms with Gasteiger partial charge in [0.1, 0.15) is 12.4 Å². The predicted molar refractivity (Wildman–Crippen MR) is 189 cm³/mol. The Morgan fingerprint density at radius 2 is 1.60 bits per heavy atom. The first-order chi connectivity index (χ1) is 24.4. The van der Waals surface area contributed by atoms with E-state index in [1.54, 1.807) is 67.6 Å². The monoisotopic (exact) mass is 694 g/mol. The standard InChI is InChI=1S/C39H35FN2O7S/c1-5-47-32-20-24(16-18-30(32)49-23-27-14-10-11-15-28(27)40)21-33-37(43)42-36(26-17-19-29(45-3)31(22-26)46-4)34(38(44)48-6-2)35(41-39(42)50-33)25-12-8-7-9-13-25/h7-22,36H,5-6,23H2,1-4H3/b33-21-/t36-/m1/s1. The third-order valence-electron chi connectivity index (χ3n) is 8.00. The van der Waals surface area contributed by atoms with E-state index < -0.39 is 12.0 Å². The number of methoxy groups -OCH3 is 2. The zero-order valence-electron chi connectivity index (χ0n) is 28.0. The zero-order valence-corrected chi connectivity index (χ0v) is 28.8. The summed E-state index contributed by atoms with van der Waals surface area (Å²) in [5, 5.41) is 0. The van der Waals surface area contributed by atoms with Crippen LogP contribution in [-0.4, -0.2) is 38.0 Å². The van der Waals surface area contributed by atoms with E-state index in [0.29, 0.717) is 66.9 Å². The van der Waals surface area contributed by atoms with Crippen molar-refractivity contribution in [1.29, 1.82) is 0 Å². The minimum Gasteiger partial charge on any atom is -0.493 e. The van der Waals surface area contributed by atoms with Gasteiger partial charge in [-0.2, -0.15) is 0 Å². The highest BCUT2D eigenvalue weighted by molar-refractivity contribution is 7.07. The lowest BCUT2D eigenvalue weighted by molar-refractivity contribution is -0.138. The van der Waals surface area contributed by atoms with Crippen LogP contribution in [0.2, 0.25) is 0 Å². The minimum absolute atomic E-state index is 0.0212. The number of hydrogen-bond acceptors (Lipinski definition) is 9. The number of hydrogen-bond donors (Lipinski definition) is 0. The Morgan fingerprint density at radius 1 is 0.860 bits per heavy atom. The fraction of sp³-hybridized carbons (Fsp3) is 0.205. The first kappa shape index (κ1) is 34.2. The van der Waals surface area contributed by atoms with Crippen LogP contribution in [0.1, 0.15) is 42.1 Å². The minimum atomic E-state index is -0.893. The van der Waals surface area contributed by atoms with Gasteiger partial charge in [-0.05, 0) is 61.4 Å². The third kappa shape index (κ3) is 6.90. The number of benzene rings is 4. The van der Waals surface area contributed by atoms with E-state index >= 15 is 0 Å². The van der Waals surface area contributed by atoms with Crippen molar-refractivity contribution in [2.45, 2.75) is 26.5 Å². The fourth-order valence-electron chi connectivity index (χ4n) is 5.70. The second-order valence-electron chi connectivity index (χ2n) is 11.1. The van der Waals surface area contributed by atoms with Crippen molar-refractivity contribution in [3.8, 4) is 23.0 Å². The molecule has 0 unspecified atom stereocenters. The van der Waals surface area contributed by atoms with Crippen LogP contribution in [0.4, 0.5) is 4.39 Å². The van der Waals surface area contributed by atoms with E-state index in [0.717, 1.165) is 0 Å². The average molecular weight is 695 g/mol. The van der Waals surface area contributed by atoms with Crippen LogP contribution in [0, 0.1) is 5.82 Å². The summed E-state index contributed by atoms with van der Waals surface area (Å²) in [7, 11) is 3.06. The summed E-state index contributed by atoms with van der Waals surface area (Å²) in [6.07, 6.45) is 1.74. The molecular weight excluding hydrogens is 660 g/mol. The van der Waals surface area contributed by atoms with Gasteiger partial charge in [0.15, 0.2) is 27.8 Å². The average Bonchev–Trinajstić information content (AvgIpc) is 3.45. The summed E-state index contributed by atoms with van der Waals surface area (Å²) in [5.41, 5.74) is 2.68. The molecule has 50 heavy (non-hydrogen) atoms. The molecule has 1 aromatic heterocycles. The summed E-state index contributed by atoms with van der Waals surface area (Å²) in [6, 6.07) is 25.4. The van der Waals surface area contributed by atoms with Crippen LogP contribution in [-0.2, 0) is 16.1 Å². The molecule has 0 amide bonds. The van der Waals surface area contributed by atoms with E-state index in [4.69, 9.17) is 28.7 Å². The molecule has 0 saturated carbocycles. The lowest BCUT2D eigenvalue weighted by Gasteiger charge is -2.26. The van der Waals surface area contributed by atoms with E-state index in [1.165, 1.54) is 36.2 Å². The highest BCUT2D eigenvalue weighted by atomic mass is 32.1. The van der Waals surface area contributed by atoms with Crippen LogP contribution < -0.4 is 33.8 Å². The van der Waals surface area contributed by atoms with E-state index in [9.17, 15) is 14.0 Å². The molecule has 4 aromatic carbocycles. The Morgan fingerprint density at radius 3 is 2.32 bits per heavy atom. The SMILES string of the molecule is CCOC(=O)C1=C(c2ccccc2)N=c2s/c(=C\c3ccc(OCc4ccccc4F)c(OCC)c3)c(=O)n2[C@@H]1c1ccc(OC)c(OC)c1. The van der Waals surface area contributed by atoms with Crippen molar-refractivity contribution in [2.75, 3.05) is 27.4 Å². The van der Waals surface area contributed by atoms with Crippen LogP contribution in [0.25, 0.3) is 11.8 Å². The maximum Gasteiger partial charge on any atom is 0.338 e. The van der Waals surface area contributed by atoms with Crippen molar-refractivity contribution in [3.05, 3.63) is 144 Å². The van der Waals surface area contributed by atoms with E-state index in [-0.39, 0.29) is 30.2 Å². The first-order valence-corrected chi connectivity index (χ1v) is 16.8. The van der Waals surface area contributed by atoms with Crippen LogP contribution in [0.15, 0.2) is 106 Å². The molecule has 0 spiro atoms.